The number of hydrogen-bond acceptors (Lipinski definition) is 4. The van der Waals surface area contributed by atoms with Crippen molar-refractivity contribution in [3.8, 4) is 11.4 Å². The molecule has 0 saturated heterocycles. The van der Waals surface area contributed by atoms with E-state index in [-0.39, 0.29) is 11.7 Å². The monoisotopic (exact) mass is 523 g/mol. The highest BCUT2D eigenvalue weighted by molar-refractivity contribution is 5.84. The first-order valence-corrected chi connectivity index (χ1v) is 13.7. The van der Waals surface area contributed by atoms with E-state index in [0.717, 1.165) is 70.0 Å². The molecule has 0 spiro atoms. The maximum atomic E-state index is 12.5. The van der Waals surface area contributed by atoms with Crippen LogP contribution in [0.2, 0.25) is 0 Å². The topological polar surface area (TPSA) is 67.9 Å². The minimum atomic E-state index is 0.0553. The van der Waals surface area contributed by atoms with Crippen molar-refractivity contribution in [2.45, 2.75) is 53.4 Å². The zero-order valence-corrected chi connectivity index (χ0v) is 23.8. The number of hydrogen-bond donors (Lipinski definition) is 1. The Hall–Kier alpha value is -3.83. The highest BCUT2D eigenvalue weighted by Crippen LogP contribution is 2.30. The maximum absolute atomic E-state index is 12.5. The van der Waals surface area contributed by atoms with Crippen molar-refractivity contribution < 1.29 is 9.53 Å². The number of nitrogens with zero attached hydrogens (tertiary/aromatic N) is 2. The lowest BCUT2D eigenvalue weighted by atomic mass is 9.88. The predicted molar refractivity (Wildman–Crippen MR) is 162 cm³/mol. The summed E-state index contributed by atoms with van der Waals surface area (Å²) < 4.78 is 5.49. The predicted octanol–water partition coefficient (Wildman–Crippen LogP) is 8.08. The molecule has 1 unspecified atom stereocenters. The summed E-state index contributed by atoms with van der Waals surface area (Å²) in [5, 5.41) is 7.38. The van der Waals surface area contributed by atoms with Crippen LogP contribution in [-0.2, 0) is 9.53 Å². The molecule has 39 heavy (non-hydrogen) atoms. The lowest BCUT2D eigenvalue weighted by Gasteiger charge is -2.17. The molecule has 0 aliphatic heterocycles. The van der Waals surface area contributed by atoms with E-state index in [4.69, 9.17) is 4.74 Å². The molecule has 1 N–H and O–H groups in total. The van der Waals surface area contributed by atoms with Gasteiger partial charge in [-0.05, 0) is 78.7 Å². The van der Waals surface area contributed by atoms with E-state index < -0.39 is 0 Å². The lowest BCUT2D eigenvalue weighted by molar-refractivity contribution is -0.120. The second-order valence-corrected chi connectivity index (χ2v) is 9.89. The number of ketones is 1. The van der Waals surface area contributed by atoms with Gasteiger partial charge in [-0.25, -0.2) is 0 Å². The third-order valence-electron chi connectivity index (χ3n) is 6.70. The number of Topliss-reactive ketones (excluding diaryl/α,β-unsaturated/α-hetero) is 1. The fourth-order valence-corrected chi connectivity index (χ4v) is 4.41. The normalized spacial score (nSPS) is 18.7. The summed E-state index contributed by atoms with van der Waals surface area (Å²) in [4.78, 5) is 17.2. The van der Waals surface area contributed by atoms with Gasteiger partial charge in [0.05, 0.1) is 17.6 Å². The standard InChI is InChI=1S/C34H41N3O2/c1-7-19-39-20-11-15-31(38)21-25(4)27(6)28(8-2)22-30-14-10-13-29(18-17-24(30)3)32-23-35-37-34(32)33-16-9-12-26(5)36-33/h8-10,12-14,16-18,22-23,25H,3,6-7,11,15,19-21H2,1-2,4-5H3,(H,35,37)/b14-10+,18-17-,28-8+,29-13-,30-22-. The van der Waals surface area contributed by atoms with Gasteiger partial charge in [-0.3, -0.25) is 14.9 Å². The lowest BCUT2D eigenvalue weighted by Crippen LogP contribution is -2.10. The molecule has 0 amide bonds. The molecule has 1 atom stereocenters. The minimum absolute atomic E-state index is 0.0553. The molecule has 1 aliphatic rings. The first-order valence-electron chi connectivity index (χ1n) is 13.7. The number of pyridine rings is 1. The molecule has 2 aromatic heterocycles. The van der Waals surface area contributed by atoms with Crippen LogP contribution in [0.5, 0.6) is 0 Å². The highest BCUT2D eigenvalue weighted by Gasteiger charge is 2.16. The number of aryl methyl sites for hydroxylation is 1. The molecule has 0 radical (unpaired) electrons. The first kappa shape index (κ1) is 29.7. The van der Waals surface area contributed by atoms with Gasteiger partial charge in [-0.2, -0.15) is 5.10 Å². The Bertz CT molecular complexity index is 1330. The smallest absolute Gasteiger partial charge is 0.133 e. The molecule has 204 valence electrons. The molecule has 0 saturated carbocycles. The van der Waals surface area contributed by atoms with Gasteiger partial charge in [0.25, 0.3) is 0 Å². The van der Waals surface area contributed by atoms with Crippen molar-refractivity contribution in [2.24, 2.45) is 5.92 Å². The molecule has 0 bridgehead atoms. The quantitative estimate of drug-likeness (QED) is 0.213. The van der Waals surface area contributed by atoms with Crippen molar-refractivity contribution in [3.05, 3.63) is 114 Å². The van der Waals surface area contributed by atoms with E-state index >= 15 is 0 Å². The van der Waals surface area contributed by atoms with Crippen LogP contribution in [0.3, 0.4) is 0 Å². The number of H-pyrrole nitrogens is 1. The highest BCUT2D eigenvalue weighted by atomic mass is 16.5. The van der Waals surface area contributed by atoms with Gasteiger partial charge in [-0.15, -0.1) is 0 Å². The number of rotatable bonds is 13. The molecule has 3 rings (SSSR count). The summed E-state index contributed by atoms with van der Waals surface area (Å²) in [6.07, 6.45) is 19.0. The average molecular weight is 524 g/mol. The van der Waals surface area contributed by atoms with Crippen molar-refractivity contribution >= 4 is 11.4 Å². The Morgan fingerprint density at radius 1 is 1.21 bits per heavy atom. The largest absolute Gasteiger partial charge is 0.381 e. The summed E-state index contributed by atoms with van der Waals surface area (Å²) in [6, 6.07) is 5.96. The summed E-state index contributed by atoms with van der Waals surface area (Å²) in [7, 11) is 0. The summed E-state index contributed by atoms with van der Waals surface area (Å²) in [5.74, 6) is 0.307. The summed E-state index contributed by atoms with van der Waals surface area (Å²) >= 11 is 0. The van der Waals surface area contributed by atoms with Crippen LogP contribution in [0.4, 0.5) is 0 Å². The number of nitrogens with one attached hydrogen (secondary N) is 1. The fourth-order valence-electron chi connectivity index (χ4n) is 4.41. The van der Waals surface area contributed by atoms with Crippen molar-refractivity contribution in [3.63, 3.8) is 0 Å². The van der Waals surface area contributed by atoms with E-state index in [1.165, 1.54) is 0 Å². The van der Waals surface area contributed by atoms with Gasteiger partial charge in [0.15, 0.2) is 0 Å². The second kappa shape index (κ2) is 14.9. The van der Waals surface area contributed by atoms with Crippen molar-refractivity contribution in [1.82, 2.24) is 15.2 Å². The van der Waals surface area contributed by atoms with Crippen LogP contribution in [0.15, 0.2) is 102 Å². The average Bonchev–Trinajstić information content (AvgIpc) is 3.40. The minimum Gasteiger partial charge on any atom is -0.381 e. The molecule has 5 heteroatoms. The summed E-state index contributed by atoms with van der Waals surface area (Å²) in [6.45, 7) is 18.2. The Morgan fingerprint density at radius 3 is 2.77 bits per heavy atom. The van der Waals surface area contributed by atoms with E-state index in [1.807, 2.05) is 56.5 Å². The Kier molecular flexibility index (Phi) is 11.4. The zero-order chi connectivity index (χ0) is 28.2. The molecular formula is C34H41N3O2. The fraction of sp³-hybridized carbons (Fsp3) is 0.324. The number of allylic oxidation sites excluding steroid dienone is 12. The van der Waals surface area contributed by atoms with Crippen LogP contribution >= 0.6 is 0 Å². The van der Waals surface area contributed by atoms with E-state index in [1.54, 1.807) is 0 Å². The third-order valence-corrected chi connectivity index (χ3v) is 6.70. The molecule has 5 nitrogen and oxygen atoms in total. The van der Waals surface area contributed by atoms with Gasteiger partial charge >= 0.3 is 0 Å². The Balaban J connectivity index is 1.71. The molecule has 2 heterocycles. The van der Waals surface area contributed by atoms with Crippen LogP contribution in [0.1, 0.15) is 57.7 Å². The van der Waals surface area contributed by atoms with E-state index in [9.17, 15) is 4.79 Å². The molecule has 0 aromatic carbocycles. The summed E-state index contributed by atoms with van der Waals surface area (Å²) in [5.41, 5.74) is 8.55. The van der Waals surface area contributed by atoms with Crippen molar-refractivity contribution in [2.75, 3.05) is 13.2 Å². The first-order chi connectivity index (χ1) is 18.8. The van der Waals surface area contributed by atoms with Gasteiger partial charge < -0.3 is 4.74 Å². The third kappa shape index (κ3) is 8.59. The van der Waals surface area contributed by atoms with Crippen molar-refractivity contribution in [1.29, 1.82) is 0 Å². The molecular weight excluding hydrogens is 482 g/mol. The Morgan fingerprint density at radius 2 is 2.03 bits per heavy atom. The Labute approximate surface area is 233 Å². The number of carbonyl (C=O) groups excluding carboxylic acids is 1. The number of aromatic amines is 1. The van der Waals surface area contributed by atoms with Crippen LogP contribution in [-0.4, -0.2) is 34.2 Å². The second-order valence-electron chi connectivity index (χ2n) is 9.89. The van der Waals surface area contributed by atoms with Gasteiger partial charge in [0.2, 0.25) is 0 Å². The maximum Gasteiger partial charge on any atom is 0.133 e. The van der Waals surface area contributed by atoms with E-state index in [0.29, 0.717) is 19.4 Å². The van der Waals surface area contributed by atoms with Crippen LogP contribution < -0.4 is 0 Å². The molecule has 1 aliphatic carbocycles. The zero-order valence-electron chi connectivity index (χ0n) is 23.8. The van der Waals surface area contributed by atoms with Crippen LogP contribution in [0, 0.1) is 12.8 Å². The number of carbonyl (C=O) groups is 1. The van der Waals surface area contributed by atoms with Gasteiger partial charge in [0, 0.05) is 37.3 Å². The van der Waals surface area contributed by atoms with E-state index in [2.05, 4.69) is 66.5 Å². The molecule has 0 fully saturated rings. The number of aromatic nitrogens is 3. The van der Waals surface area contributed by atoms with Crippen LogP contribution in [0.25, 0.3) is 17.0 Å². The number of ether oxygens (including phenoxy) is 1. The SMILES string of the molecule is C=C1\C=C/C(c2cn[nH]c2-c2cccc(C)n2)=C/C=C/C1=C/C(=C\C)C(=C)C(C)CC(=O)CCCOCCC. The molecule has 2 aromatic rings. The van der Waals surface area contributed by atoms with Gasteiger partial charge in [0.1, 0.15) is 5.78 Å². The van der Waals surface area contributed by atoms with Gasteiger partial charge in [-0.1, -0.05) is 69.5 Å².